The number of nitrogens with zero attached hydrogens (tertiary/aromatic N) is 1. The molecule has 0 unspecified atom stereocenters. The Balaban J connectivity index is 1.74. The molecule has 0 fully saturated rings. The van der Waals surface area contributed by atoms with Crippen LogP contribution >= 0.6 is 0 Å². The van der Waals surface area contributed by atoms with Gasteiger partial charge in [-0.2, -0.15) is 0 Å². The van der Waals surface area contributed by atoms with Gasteiger partial charge in [0.1, 0.15) is 22.9 Å². The molecule has 7 heteroatoms. The minimum Gasteiger partial charge on any atom is -0.497 e. The van der Waals surface area contributed by atoms with Gasteiger partial charge < -0.3 is 19.5 Å². The summed E-state index contributed by atoms with van der Waals surface area (Å²) < 4.78 is 16.2. The van der Waals surface area contributed by atoms with E-state index in [-0.39, 0.29) is 23.7 Å². The highest BCUT2D eigenvalue weighted by molar-refractivity contribution is 6.37. The van der Waals surface area contributed by atoms with Crippen molar-refractivity contribution in [1.82, 2.24) is 4.90 Å². The van der Waals surface area contributed by atoms with Crippen LogP contribution in [0.15, 0.2) is 78.5 Å². The Hall–Kier alpha value is -4.26. The summed E-state index contributed by atoms with van der Waals surface area (Å²) in [6, 6.07) is 22.1. The molecule has 0 aromatic heterocycles. The largest absolute Gasteiger partial charge is 0.497 e. The second-order valence-corrected chi connectivity index (χ2v) is 7.67. The molecular formula is C27H26N2O5. The second-order valence-electron chi connectivity index (χ2n) is 7.67. The van der Waals surface area contributed by atoms with Crippen LogP contribution in [0, 0.1) is 0 Å². The molecule has 1 aliphatic rings. The first-order valence-electron chi connectivity index (χ1n) is 10.8. The molecule has 0 bridgehead atoms. The zero-order valence-electron chi connectivity index (χ0n) is 19.3. The number of hydrogen-bond donors (Lipinski definition) is 1. The zero-order valence-corrected chi connectivity index (χ0v) is 19.3. The maximum absolute atomic E-state index is 13.6. The monoisotopic (exact) mass is 458 g/mol. The molecule has 0 saturated heterocycles. The van der Waals surface area contributed by atoms with Gasteiger partial charge in [0, 0.05) is 36.0 Å². The molecule has 1 aliphatic heterocycles. The number of carbonyl (C=O) groups is 2. The van der Waals surface area contributed by atoms with E-state index in [9.17, 15) is 9.59 Å². The number of benzene rings is 3. The molecule has 7 nitrogen and oxygen atoms in total. The van der Waals surface area contributed by atoms with Crippen LogP contribution in [0.1, 0.15) is 11.1 Å². The third-order valence-corrected chi connectivity index (χ3v) is 5.63. The van der Waals surface area contributed by atoms with Gasteiger partial charge in [-0.1, -0.05) is 48.5 Å². The van der Waals surface area contributed by atoms with Crippen molar-refractivity contribution in [3.8, 4) is 17.2 Å². The van der Waals surface area contributed by atoms with Crippen molar-refractivity contribution in [3.05, 3.63) is 89.6 Å². The summed E-state index contributed by atoms with van der Waals surface area (Å²) in [6.07, 6.45) is 0.553. The number of imide groups is 1. The summed E-state index contributed by atoms with van der Waals surface area (Å²) in [5.41, 5.74) is 2.59. The highest BCUT2D eigenvalue weighted by Crippen LogP contribution is 2.36. The summed E-state index contributed by atoms with van der Waals surface area (Å²) in [6.45, 7) is 0.257. The highest BCUT2D eigenvalue weighted by atomic mass is 16.5. The maximum atomic E-state index is 13.6. The van der Waals surface area contributed by atoms with Crippen LogP contribution in [-0.2, 0) is 16.0 Å². The molecule has 1 heterocycles. The number of nitrogens with one attached hydrogen (secondary N) is 1. The van der Waals surface area contributed by atoms with E-state index in [4.69, 9.17) is 14.2 Å². The highest BCUT2D eigenvalue weighted by Gasteiger charge is 2.40. The predicted octanol–water partition coefficient (Wildman–Crippen LogP) is 4.15. The van der Waals surface area contributed by atoms with Gasteiger partial charge in [-0.05, 0) is 18.1 Å². The standard InChI is InChI=1S/C27H26N2O5/c1-32-20-15-19(16-21(17-20)33-2)28-25-24(22-11-7-8-12-23(22)34-3)26(30)29(27(25)31)14-13-18-9-5-4-6-10-18/h4-12,15-17,28H,13-14H2,1-3H3. The Morgan fingerprint density at radius 3 is 2.06 bits per heavy atom. The van der Waals surface area contributed by atoms with Crippen LogP contribution < -0.4 is 19.5 Å². The Labute approximate surface area is 198 Å². The first-order chi connectivity index (χ1) is 16.5. The molecule has 34 heavy (non-hydrogen) atoms. The fourth-order valence-electron chi connectivity index (χ4n) is 3.91. The normalized spacial score (nSPS) is 13.3. The molecule has 0 aliphatic carbocycles. The van der Waals surface area contributed by atoms with E-state index in [0.29, 0.717) is 34.9 Å². The molecule has 3 aromatic rings. The minimum atomic E-state index is -0.399. The van der Waals surface area contributed by atoms with E-state index in [0.717, 1.165) is 5.56 Å². The molecule has 0 atom stereocenters. The molecule has 3 aromatic carbocycles. The van der Waals surface area contributed by atoms with Gasteiger partial charge >= 0.3 is 0 Å². The molecule has 0 spiro atoms. The molecular weight excluding hydrogens is 432 g/mol. The molecule has 2 amide bonds. The molecule has 1 N–H and O–H groups in total. The van der Waals surface area contributed by atoms with Crippen molar-refractivity contribution in [3.63, 3.8) is 0 Å². The summed E-state index contributed by atoms with van der Waals surface area (Å²) in [5.74, 6) is 0.843. The van der Waals surface area contributed by atoms with Crippen molar-refractivity contribution in [1.29, 1.82) is 0 Å². The van der Waals surface area contributed by atoms with Crippen LogP contribution in [0.5, 0.6) is 17.2 Å². The topological polar surface area (TPSA) is 77.1 Å². The third-order valence-electron chi connectivity index (χ3n) is 5.63. The van der Waals surface area contributed by atoms with E-state index in [1.165, 1.54) is 12.0 Å². The summed E-state index contributed by atoms with van der Waals surface area (Å²) in [5, 5.41) is 3.15. The Kier molecular flexibility index (Phi) is 6.82. The van der Waals surface area contributed by atoms with Crippen molar-refractivity contribution in [2.24, 2.45) is 0 Å². The van der Waals surface area contributed by atoms with Crippen molar-refractivity contribution in [2.75, 3.05) is 33.2 Å². The van der Waals surface area contributed by atoms with Crippen LogP contribution in [0.25, 0.3) is 5.57 Å². The number of hydrogen-bond acceptors (Lipinski definition) is 6. The van der Waals surface area contributed by atoms with Gasteiger partial charge in [0.05, 0.1) is 26.9 Å². The van der Waals surface area contributed by atoms with Gasteiger partial charge in [-0.3, -0.25) is 14.5 Å². The smallest absolute Gasteiger partial charge is 0.278 e. The van der Waals surface area contributed by atoms with Crippen LogP contribution in [0.2, 0.25) is 0 Å². The average molecular weight is 459 g/mol. The Bertz CT molecular complexity index is 1210. The number of anilines is 1. The van der Waals surface area contributed by atoms with Crippen molar-refractivity contribution >= 4 is 23.1 Å². The van der Waals surface area contributed by atoms with E-state index in [1.807, 2.05) is 36.4 Å². The summed E-state index contributed by atoms with van der Waals surface area (Å²) in [7, 11) is 4.63. The van der Waals surface area contributed by atoms with Gasteiger partial charge in [0.25, 0.3) is 11.8 Å². The Morgan fingerprint density at radius 1 is 0.765 bits per heavy atom. The lowest BCUT2D eigenvalue weighted by atomic mass is 10.0. The van der Waals surface area contributed by atoms with E-state index < -0.39 is 5.91 Å². The lowest BCUT2D eigenvalue weighted by molar-refractivity contribution is -0.136. The summed E-state index contributed by atoms with van der Waals surface area (Å²) in [4.78, 5) is 28.3. The van der Waals surface area contributed by atoms with Crippen LogP contribution in [0.3, 0.4) is 0 Å². The number of rotatable bonds is 9. The van der Waals surface area contributed by atoms with Gasteiger partial charge in [-0.15, -0.1) is 0 Å². The average Bonchev–Trinajstić information content (AvgIpc) is 3.11. The van der Waals surface area contributed by atoms with Crippen LogP contribution in [0.4, 0.5) is 5.69 Å². The SMILES string of the molecule is COc1cc(NC2=C(c3ccccc3OC)C(=O)N(CCc3ccccc3)C2=O)cc(OC)c1. The number of para-hydroxylation sites is 1. The molecule has 0 saturated carbocycles. The fourth-order valence-corrected chi connectivity index (χ4v) is 3.91. The van der Waals surface area contributed by atoms with Gasteiger partial charge in [-0.25, -0.2) is 0 Å². The minimum absolute atomic E-state index is 0.179. The Morgan fingerprint density at radius 2 is 1.41 bits per heavy atom. The van der Waals surface area contributed by atoms with Gasteiger partial charge in [0.15, 0.2) is 0 Å². The van der Waals surface area contributed by atoms with Crippen molar-refractivity contribution < 1.29 is 23.8 Å². The number of ether oxygens (including phenoxy) is 3. The first kappa shape index (κ1) is 22.9. The van der Waals surface area contributed by atoms with E-state index >= 15 is 0 Å². The lowest BCUT2D eigenvalue weighted by Crippen LogP contribution is -2.34. The first-order valence-corrected chi connectivity index (χ1v) is 10.8. The number of carbonyl (C=O) groups excluding carboxylic acids is 2. The zero-order chi connectivity index (χ0) is 24.1. The van der Waals surface area contributed by atoms with Crippen LogP contribution in [-0.4, -0.2) is 44.6 Å². The van der Waals surface area contributed by atoms with E-state index in [1.54, 1.807) is 50.6 Å². The predicted molar refractivity (Wildman–Crippen MR) is 130 cm³/mol. The lowest BCUT2D eigenvalue weighted by Gasteiger charge is -2.16. The maximum Gasteiger partial charge on any atom is 0.278 e. The molecule has 4 rings (SSSR count). The quantitative estimate of drug-likeness (QED) is 0.486. The summed E-state index contributed by atoms with van der Waals surface area (Å²) >= 11 is 0. The fraction of sp³-hybridized carbons (Fsp3) is 0.185. The molecule has 174 valence electrons. The second kappa shape index (κ2) is 10.1. The van der Waals surface area contributed by atoms with E-state index in [2.05, 4.69) is 5.32 Å². The third kappa shape index (κ3) is 4.59. The van der Waals surface area contributed by atoms with Crippen molar-refractivity contribution in [2.45, 2.75) is 6.42 Å². The number of methoxy groups -OCH3 is 3. The number of amides is 2. The molecule has 0 radical (unpaired) electrons. The van der Waals surface area contributed by atoms with Gasteiger partial charge in [0.2, 0.25) is 0 Å².